The summed E-state index contributed by atoms with van der Waals surface area (Å²) in [5, 5.41) is 12.7. The van der Waals surface area contributed by atoms with Crippen LogP contribution in [0.4, 0.5) is 0 Å². The third-order valence-electron chi connectivity index (χ3n) is 5.14. The molecule has 0 aliphatic carbocycles. The van der Waals surface area contributed by atoms with Crippen LogP contribution in [0.5, 0.6) is 0 Å². The van der Waals surface area contributed by atoms with Crippen molar-refractivity contribution in [2.24, 2.45) is 21.8 Å². The van der Waals surface area contributed by atoms with Gasteiger partial charge in [-0.25, -0.2) is 38.8 Å². The van der Waals surface area contributed by atoms with E-state index in [4.69, 9.17) is 16.7 Å². The van der Waals surface area contributed by atoms with Gasteiger partial charge < -0.3 is 15.5 Å². The van der Waals surface area contributed by atoms with Gasteiger partial charge >= 0.3 is 0 Å². The van der Waals surface area contributed by atoms with E-state index < -0.39 is 21.0 Å². The molecule has 9 N–H and O–H groups in total. The first-order valence-corrected chi connectivity index (χ1v) is 12.3. The van der Waals surface area contributed by atoms with Crippen molar-refractivity contribution in [3.8, 4) is 11.1 Å². The smallest absolute Gasteiger partial charge is 0.242 e. The number of aromatic nitrogens is 2. The molecular formula is C18H23N9O3S2. The zero-order valence-electron chi connectivity index (χ0n) is 16.9. The van der Waals surface area contributed by atoms with Gasteiger partial charge in [0.1, 0.15) is 21.5 Å². The molecule has 0 saturated carbocycles. The summed E-state index contributed by atoms with van der Waals surface area (Å²) in [4.78, 5) is 3.94. The van der Waals surface area contributed by atoms with E-state index in [9.17, 15) is 12.6 Å². The van der Waals surface area contributed by atoms with Gasteiger partial charge in [-0.05, 0) is 36.7 Å². The Morgan fingerprint density at radius 1 is 1.28 bits per heavy atom. The molecule has 32 heavy (non-hydrogen) atoms. The summed E-state index contributed by atoms with van der Waals surface area (Å²) in [7, 11) is -6.29. The number of imidazole rings is 1. The summed E-state index contributed by atoms with van der Waals surface area (Å²) in [6.45, 7) is 1.19. The highest BCUT2D eigenvalue weighted by Gasteiger charge is 2.30. The minimum absolute atomic E-state index is 0.0901. The van der Waals surface area contributed by atoms with Gasteiger partial charge in [-0.3, -0.25) is 0 Å². The second kappa shape index (κ2) is 8.93. The van der Waals surface area contributed by atoms with E-state index in [1.807, 2.05) is 6.20 Å². The molecule has 1 aromatic carbocycles. The van der Waals surface area contributed by atoms with Crippen LogP contribution in [0.15, 0.2) is 57.7 Å². The molecule has 4 rings (SSSR count). The summed E-state index contributed by atoms with van der Waals surface area (Å²) >= 11 is 0. The van der Waals surface area contributed by atoms with Crippen LogP contribution in [-0.2, 0) is 21.0 Å². The third kappa shape index (κ3) is 4.11. The first kappa shape index (κ1) is 22.3. The third-order valence-corrected chi connectivity index (χ3v) is 7.66. The molecule has 1 fully saturated rings. The summed E-state index contributed by atoms with van der Waals surface area (Å²) in [6.07, 6.45) is 5.83. The van der Waals surface area contributed by atoms with Gasteiger partial charge in [0, 0.05) is 42.3 Å². The number of pyridine rings is 1. The largest absolute Gasteiger partial charge is 0.382 e. The Hall–Kier alpha value is -2.88. The topological polar surface area (TPSA) is 195 Å². The van der Waals surface area contributed by atoms with Crippen LogP contribution in [0.3, 0.4) is 0 Å². The molecule has 3 heterocycles. The maximum absolute atomic E-state index is 13.2. The minimum atomic E-state index is -4.07. The molecule has 170 valence electrons. The predicted octanol–water partition coefficient (Wildman–Crippen LogP) is -1.29. The van der Waals surface area contributed by atoms with E-state index in [2.05, 4.69) is 25.7 Å². The number of fused-ring (bicyclic) bond motifs is 1. The lowest BCUT2D eigenvalue weighted by molar-refractivity contribution is 0.557. The van der Waals surface area contributed by atoms with E-state index in [1.165, 1.54) is 6.07 Å². The van der Waals surface area contributed by atoms with Crippen LogP contribution in [0.25, 0.3) is 16.8 Å². The molecule has 0 radical (unpaired) electrons. The highest BCUT2D eigenvalue weighted by Crippen LogP contribution is 2.34. The zero-order chi connectivity index (χ0) is 22.9. The van der Waals surface area contributed by atoms with Gasteiger partial charge in [-0.1, -0.05) is 6.07 Å². The fourth-order valence-corrected chi connectivity index (χ4v) is 6.39. The molecule has 1 saturated heterocycles. The van der Waals surface area contributed by atoms with Crippen molar-refractivity contribution in [2.45, 2.75) is 22.3 Å². The highest BCUT2D eigenvalue weighted by atomic mass is 32.2. The molecule has 0 amide bonds. The lowest BCUT2D eigenvalue weighted by Gasteiger charge is -2.19. The average Bonchev–Trinajstić information content (AvgIpc) is 3.44. The van der Waals surface area contributed by atoms with Crippen LogP contribution in [0.2, 0.25) is 0 Å². The Kier molecular flexibility index (Phi) is 6.23. The molecule has 14 heteroatoms. The summed E-state index contributed by atoms with van der Waals surface area (Å²) in [5.74, 6) is 5.13. The Morgan fingerprint density at radius 2 is 2.09 bits per heavy atom. The van der Waals surface area contributed by atoms with Crippen molar-refractivity contribution in [2.75, 3.05) is 13.1 Å². The van der Waals surface area contributed by atoms with Crippen molar-refractivity contribution in [3.05, 3.63) is 48.4 Å². The normalized spacial score (nSPS) is 18.2. The fraction of sp³-hybridized carbons (Fsp3) is 0.222. The predicted molar refractivity (Wildman–Crippen MR) is 121 cm³/mol. The van der Waals surface area contributed by atoms with Crippen LogP contribution < -0.4 is 32.3 Å². The highest BCUT2D eigenvalue weighted by molar-refractivity contribution is 7.90. The van der Waals surface area contributed by atoms with Crippen molar-refractivity contribution >= 4 is 32.5 Å². The molecule has 12 nitrogen and oxygen atoms in total. The van der Waals surface area contributed by atoms with E-state index >= 15 is 0 Å². The monoisotopic (exact) mass is 477 g/mol. The number of amidine groups is 1. The van der Waals surface area contributed by atoms with E-state index in [0.717, 1.165) is 0 Å². The SMILES string of the molecule is NN/N=C(\N)c1c(-c2cccn3ccnc23)ccc(S(=O)(=O)N[C@@H]2CCNC2)c1S(N)=O. The molecule has 1 aliphatic heterocycles. The molecule has 3 aromatic rings. The van der Waals surface area contributed by atoms with Gasteiger partial charge in [0.25, 0.3) is 0 Å². The summed E-state index contributed by atoms with van der Waals surface area (Å²) in [5.41, 5.74) is 9.98. The number of benzene rings is 1. The second-order valence-corrected chi connectivity index (χ2v) is 9.82. The van der Waals surface area contributed by atoms with Crippen LogP contribution in [0, 0.1) is 0 Å². The first-order chi connectivity index (χ1) is 15.3. The number of sulfonamides is 1. The van der Waals surface area contributed by atoms with Crippen LogP contribution in [0.1, 0.15) is 12.0 Å². The number of hydrazine groups is 1. The Balaban J connectivity index is 1.99. The van der Waals surface area contributed by atoms with E-state index in [-0.39, 0.29) is 27.2 Å². The van der Waals surface area contributed by atoms with E-state index in [1.54, 1.807) is 35.0 Å². The number of nitrogens with one attached hydrogen (secondary N) is 3. The quantitative estimate of drug-likeness (QED) is 0.105. The first-order valence-electron chi connectivity index (χ1n) is 9.61. The number of rotatable bonds is 7. The number of nitrogens with zero attached hydrogens (tertiary/aromatic N) is 3. The van der Waals surface area contributed by atoms with Crippen molar-refractivity contribution < 1.29 is 12.6 Å². The molecule has 2 atom stereocenters. The van der Waals surface area contributed by atoms with Gasteiger partial charge in [-0.15, -0.1) is 5.10 Å². The zero-order valence-corrected chi connectivity index (χ0v) is 18.5. The lowest BCUT2D eigenvalue weighted by atomic mass is 9.99. The Bertz CT molecular complexity index is 1310. The molecule has 1 unspecified atom stereocenters. The maximum atomic E-state index is 13.2. The lowest BCUT2D eigenvalue weighted by Crippen LogP contribution is -2.37. The molecule has 0 bridgehead atoms. The van der Waals surface area contributed by atoms with Gasteiger partial charge in [0.2, 0.25) is 10.0 Å². The molecular weight excluding hydrogens is 454 g/mol. The number of nitrogens with two attached hydrogens (primary N) is 3. The minimum Gasteiger partial charge on any atom is -0.382 e. The maximum Gasteiger partial charge on any atom is 0.242 e. The van der Waals surface area contributed by atoms with Crippen LogP contribution >= 0.6 is 0 Å². The number of hydrogen-bond donors (Lipinski definition) is 6. The summed E-state index contributed by atoms with van der Waals surface area (Å²) in [6, 6.07) is 6.21. The van der Waals surface area contributed by atoms with Gasteiger partial charge in [0.05, 0.1) is 4.90 Å². The van der Waals surface area contributed by atoms with Crippen molar-refractivity contribution in [1.29, 1.82) is 0 Å². The van der Waals surface area contributed by atoms with Gasteiger partial charge in [-0.2, -0.15) is 0 Å². The molecule has 0 spiro atoms. The van der Waals surface area contributed by atoms with Crippen LogP contribution in [-0.4, -0.2) is 47.0 Å². The summed E-state index contributed by atoms with van der Waals surface area (Å²) < 4.78 is 43.5. The average molecular weight is 478 g/mol. The fourth-order valence-electron chi connectivity index (χ4n) is 3.78. The van der Waals surface area contributed by atoms with Crippen molar-refractivity contribution in [1.82, 2.24) is 25.0 Å². The Morgan fingerprint density at radius 3 is 2.78 bits per heavy atom. The molecule has 2 aromatic heterocycles. The Labute approximate surface area is 186 Å². The molecule has 1 aliphatic rings. The number of hydrazone groups is 1. The second-order valence-electron chi connectivity index (χ2n) is 7.13. The number of hydrogen-bond acceptors (Lipinski definition) is 8. The van der Waals surface area contributed by atoms with Crippen molar-refractivity contribution in [3.63, 3.8) is 0 Å². The standard InChI is InChI=1S/C18H23N9O3S2/c19-17(24-26-20)15-12(13-2-1-8-27-9-7-23-18(13)27)3-4-14(16(15)31(21)28)32(29,30)25-11-5-6-22-10-11/h1-4,7-9,11,22,25-26H,5-6,10,20-21H2,(H2,19,24)/t11-,31?/m1/s1. The van der Waals surface area contributed by atoms with E-state index in [0.29, 0.717) is 36.3 Å². The van der Waals surface area contributed by atoms with Gasteiger partial charge in [0.15, 0.2) is 5.84 Å².